The average molecular weight is 594 g/mol. The Labute approximate surface area is 242 Å². The number of hydrogen-bond donors (Lipinski definition) is 1. The minimum Gasteiger partial charge on any atom is -0.507 e. The van der Waals surface area contributed by atoms with Gasteiger partial charge < -0.3 is 9.84 Å². The van der Waals surface area contributed by atoms with E-state index in [1.54, 1.807) is 54.6 Å². The van der Waals surface area contributed by atoms with Crippen molar-refractivity contribution in [1.82, 2.24) is 10.2 Å². The van der Waals surface area contributed by atoms with E-state index < -0.39 is 17.7 Å². The van der Waals surface area contributed by atoms with Gasteiger partial charge in [-0.05, 0) is 66.1 Å². The minimum absolute atomic E-state index is 0.0111. The molecule has 0 unspecified atom stereocenters. The topological polar surface area (TPSA) is 92.6 Å². The Morgan fingerprint density at radius 2 is 1.95 bits per heavy atom. The van der Waals surface area contributed by atoms with E-state index >= 15 is 0 Å². The standard InChI is InChI=1S/C29H21ClFN3O4S2/c1-15-11-19-12-18(7-10-22(19)38-15)25(35)23-24(17-3-2-4-20(30)13-17)34(27(37)26(23)36)28-32-33-29(40-28)39-14-16-5-8-21(31)9-6-16/h2-10,12-13,15,24,35H,11,14H2,1H3/t15-,24-/m1/s1. The Kier molecular flexibility index (Phi) is 7.07. The van der Waals surface area contributed by atoms with Crippen LogP contribution in [0.15, 0.2) is 76.6 Å². The molecule has 2 atom stereocenters. The number of carbonyl (C=O) groups excluding carboxylic acids is 2. The number of fused-ring (bicyclic) bond motifs is 1. The second-order valence-electron chi connectivity index (χ2n) is 9.44. The molecule has 0 bridgehead atoms. The molecule has 2 aliphatic heterocycles. The molecule has 0 aliphatic carbocycles. The summed E-state index contributed by atoms with van der Waals surface area (Å²) >= 11 is 8.83. The van der Waals surface area contributed by atoms with Gasteiger partial charge in [-0.1, -0.05) is 59.0 Å². The quantitative estimate of drug-likeness (QED) is 0.0888. The lowest BCUT2D eigenvalue weighted by Gasteiger charge is -2.22. The summed E-state index contributed by atoms with van der Waals surface area (Å²) < 4.78 is 19.6. The van der Waals surface area contributed by atoms with Crippen molar-refractivity contribution in [2.24, 2.45) is 0 Å². The Hall–Kier alpha value is -3.73. The Morgan fingerprint density at radius 3 is 2.73 bits per heavy atom. The van der Waals surface area contributed by atoms with Crippen molar-refractivity contribution in [3.63, 3.8) is 0 Å². The maximum absolute atomic E-state index is 13.5. The highest BCUT2D eigenvalue weighted by Gasteiger charge is 2.48. The van der Waals surface area contributed by atoms with E-state index in [2.05, 4.69) is 10.2 Å². The molecule has 1 saturated heterocycles. The van der Waals surface area contributed by atoms with E-state index in [1.165, 1.54) is 28.8 Å². The predicted molar refractivity (Wildman–Crippen MR) is 152 cm³/mol. The number of carbonyl (C=O) groups is 2. The Morgan fingerprint density at radius 1 is 1.15 bits per heavy atom. The first-order valence-corrected chi connectivity index (χ1v) is 14.5. The summed E-state index contributed by atoms with van der Waals surface area (Å²) in [6.07, 6.45) is 0.683. The summed E-state index contributed by atoms with van der Waals surface area (Å²) in [5, 5.41) is 20.5. The maximum Gasteiger partial charge on any atom is 0.301 e. The first-order valence-electron chi connectivity index (χ1n) is 12.4. The van der Waals surface area contributed by atoms with E-state index in [0.29, 0.717) is 32.7 Å². The molecular weight excluding hydrogens is 573 g/mol. The fourth-order valence-electron chi connectivity index (χ4n) is 4.83. The highest BCUT2D eigenvalue weighted by atomic mass is 35.5. The molecule has 6 rings (SSSR count). The third kappa shape index (κ3) is 4.98. The van der Waals surface area contributed by atoms with Crippen LogP contribution in [0.25, 0.3) is 5.76 Å². The molecule has 0 spiro atoms. The lowest BCUT2D eigenvalue weighted by molar-refractivity contribution is -0.132. The smallest absolute Gasteiger partial charge is 0.301 e. The SMILES string of the molecule is C[C@@H]1Cc2cc(C(O)=C3C(=O)C(=O)N(c4nnc(SCc5ccc(F)cc5)s4)[C@@H]3c3cccc(Cl)c3)ccc2O1. The number of halogens is 2. The Bertz CT molecular complexity index is 1670. The minimum atomic E-state index is -0.968. The van der Waals surface area contributed by atoms with Crippen molar-refractivity contribution >= 4 is 57.3 Å². The molecule has 40 heavy (non-hydrogen) atoms. The number of benzene rings is 3. The maximum atomic E-state index is 13.5. The number of hydrogen-bond acceptors (Lipinski definition) is 8. The monoisotopic (exact) mass is 593 g/mol. The van der Waals surface area contributed by atoms with Gasteiger partial charge in [0.05, 0.1) is 11.6 Å². The molecule has 3 heterocycles. The zero-order valence-corrected chi connectivity index (χ0v) is 23.4. The van der Waals surface area contributed by atoms with E-state index in [-0.39, 0.29) is 28.4 Å². The number of amides is 1. The van der Waals surface area contributed by atoms with Crippen LogP contribution < -0.4 is 9.64 Å². The van der Waals surface area contributed by atoms with Crippen LogP contribution in [-0.4, -0.2) is 33.1 Å². The molecule has 0 saturated carbocycles. The third-order valence-electron chi connectivity index (χ3n) is 6.66. The molecular formula is C29H21ClFN3O4S2. The zero-order valence-electron chi connectivity index (χ0n) is 21.0. The fraction of sp³-hybridized carbons (Fsp3) is 0.172. The van der Waals surface area contributed by atoms with Crippen LogP contribution in [-0.2, 0) is 21.8 Å². The van der Waals surface area contributed by atoms with Crippen LogP contribution in [0, 0.1) is 5.82 Å². The first kappa shape index (κ1) is 26.5. The molecule has 11 heteroatoms. The lowest BCUT2D eigenvalue weighted by Crippen LogP contribution is -2.29. The van der Waals surface area contributed by atoms with E-state index in [4.69, 9.17) is 16.3 Å². The molecule has 3 aromatic carbocycles. The third-order valence-corrected chi connectivity index (χ3v) is 9.02. The zero-order chi connectivity index (χ0) is 28.0. The summed E-state index contributed by atoms with van der Waals surface area (Å²) in [6, 6.07) is 17.2. The highest BCUT2D eigenvalue weighted by molar-refractivity contribution is 8.00. The van der Waals surface area contributed by atoms with Crippen LogP contribution in [0.5, 0.6) is 5.75 Å². The van der Waals surface area contributed by atoms with Crippen molar-refractivity contribution in [3.8, 4) is 5.75 Å². The van der Waals surface area contributed by atoms with Gasteiger partial charge in [0.15, 0.2) is 4.34 Å². The number of thioether (sulfide) groups is 1. The number of rotatable bonds is 6. The average Bonchev–Trinajstić information content (AvgIpc) is 3.63. The van der Waals surface area contributed by atoms with Gasteiger partial charge in [-0.3, -0.25) is 14.5 Å². The molecule has 7 nitrogen and oxygen atoms in total. The summed E-state index contributed by atoms with van der Waals surface area (Å²) in [4.78, 5) is 28.2. The Balaban J connectivity index is 1.38. The number of ketones is 1. The number of aromatic nitrogens is 2. The normalized spacial score (nSPS) is 19.6. The molecule has 1 fully saturated rings. The van der Waals surface area contributed by atoms with Gasteiger partial charge in [0.1, 0.15) is 23.4 Å². The van der Waals surface area contributed by atoms with Gasteiger partial charge in [-0.2, -0.15) is 0 Å². The molecule has 2 aliphatic rings. The molecule has 202 valence electrons. The number of nitrogens with zero attached hydrogens (tertiary/aromatic N) is 3. The van der Waals surface area contributed by atoms with Crippen molar-refractivity contribution in [2.75, 3.05) is 4.90 Å². The van der Waals surface area contributed by atoms with Crippen LogP contribution >= 0.6 is 34.7 Å². The summed E-state index contributed by atoms with van der Waals surface area (Å²) in [5.41, 5.74) is 2.71. The second-order valence-corrected chi connectivity index (χ2v) is 12.1. The van der Waals surface area contributed by atoms with E-state index in [9.17, 15) is 19.1 Å². The number of aliphatic hydroxyl groups is 1. The largest absolute Gasteiger partial charge is 0.507 e. The second kappa shape index (κ2) is 10.7. The number of ether oxygens (including phenoxy) is 1. The summed E-state index contributed by atoms with van der Waals surface area (Å²) in [6.45, 7) is 1.96. The molecule has 1 N–H and O–H groups in total. The van der Waals surface area contributed by atoms with Crippen LogP contribution in [0.3, 0.4) is 0 Å². The van der Waals surface area contributed by atoms with Crippen molar-refractivity contribution in [3.05, 3.63) is 105 Å². The number of anilines is 1. The molecule has 4 aromatic rings. The first-order chi connectivity index (χ1) is 19.3. The lowest BCUT2D eigenvalue weighted by atomic mass is 9.94. The molecule has 0 radical (unpaired) electrons. The van der Waals surface area contributed by atoms with Gasteiger partial charge in [0.2, 0.25) is 5.13 Å². The van der Waals surface area contributed by atoms with Crippen molar-refractivity contribution < 1.29 is 23.8 Å². The van der Waals surface area contributed by atoms with Crippen LogP contribution in [0.1, 0.15) is 35.2 Å². The molecule has 1 aromatic heterocycles. The van der Waals surface area contributed by atoms with E-state index in [0.717, 1.165) is 28.2 Å². The van der Waals surface area contributed by atoms with Gasteiger partial charge in [-0.15, -0.1) is 10.2 Å². The highest BCUT2D eigenvalue weighted by Crippen LogP contribution is 2.45. The molecule has 1 amide bonds. The van der Waals surface area contributed by atoms with Crippen molar-refractivity contribution in [2.45, 2.75) is 35.6 Å². The summed E-state index contributed by atoms with van der Waals surface area (Å²) in [5.74, 6) is -1.00. The predicted octanol–water partition coefficient (Wildman–Crippen LogP) is 6.57. The van der Waals surface area contributed by atoms with Crippen molar-refractivity contribution in [1.29, 1.82) is 0 Å². The van der Waals surface area contributed by atoms with Crippen LogP contribution in [0.2, 0.25) is 5.02 Å². The fourth-order valence-corrected chi connectivity index (χ4v) is 6.85. The van der Waals surface area contributed by atoms with Crippen LogP contribution in [0.4, 0.5) is 9.52 Å². The van der Waals surface area contributed by atoms with Gasteiger partial charge in [0, 0.05) is 22.8 Å². The van der Waals surface area contributed by atoms with Gasteiger partial charge in [0.25, 0.3) is 5.78 Å². The number of Topliss-reactive ketones (excluding diaryl/α,β-unsaturated/α-hetero) is 1. The van der Waals surface area contributed by atoms with Gasteiger partial charge >= 0.3 is 5.91 Å². The summed E-state index contributed by atoms with van der Waals surface area (Å²) in [7, 11) is 0. The van der Waals surface area contributed by atoms with E-state index in [1.807, 2.05) is 6.92 Å². The number of aliphatic hydroxyl groups excluding tert-OH is 1. The van der Waals surface area contributed by atoms with Gasteiger partial charge in [-0.25, -0.2) is 4.39 Å².